The van der Waals surface area contributed by atoms with E-state index in [-0.39, 0.29) is 0 Å². The first-order chi connectivity index (χ1) is 7.22. The minimum Gasteiger partial charge on any atom is -0.493 e. The van der Waals surface area contributed by atoms with Crippen LogP contribution in [0.1, 0.15) is 13.8 Å². The Morgan fingerprint density at radius 3 is 1.53 bits per heavy atom. The minimum absolute atomic E-state index is 0.555. The lowest BCUT2D eigenvalue weighted by molar-refractivity contribution is 0.325. The molecule has 0 atom stereocenters. The van der Waals surface area contributed by atoms with Gasteiger partial charge >= 0.3 is 0 Å². The molecule has 15 heavy (non-hydrogen) atoms. The summed E-state index contributed by atoms with van der Waals surface area (Å²) in [5.74, 6) is 1.69. The van der Waals surface area contributed by atoms with E-state index >= 15 is 0 Å². The molecule has 0 saturated heterocycles. The monoisotopic (exact) mass is 213 g/mol. The fraction of sp³-hybridized carbons (Fsp3) is 0.455. The van der Waals surface area contributed by atoms with Crippen LogP contribution in [-0.4, -0.2) is 21.3 Å². The fourth-order valence-corrected chi connectivity index (χ4v) is 1.10. The van der Waals surface area contributed by atoms with Crippen molar-refractivity contribution in [1.82, 2.24) is 0 Å². The summed E-state index contributed by atoms with van der Waals surface area (Å²) in [5, 5.41) is 0. The lowest BCUT2D eigenvalue weighted by Crippen LogP contribution is -1.96. The van der Waals surface area contributed by atoms with E-state index in [0.29, 0.717) is 22.9 Å². The highest BCUT2D eigenvalue weighted by Gasteiger charge is 2.11. The van der Waals surface area contributed by atoms with Crippen molar-refractivity contribution in [3.63, 3.8) is 0 Å². The Labute approximate surface area is 90.9 Å². The van der Waals surface area contributed by atoms with Crippen molar-refractivity contribution in [2.45, 2.75) is 13.8 Å². The van der Waals surface area contributed by atoms with Crippen molar-refractivity contribution in [2.24, 2.45) is 0 Å². The topological polar surface area (TPSA) is 53.7 Å². The largest absolute Gasteiger partial charge is 0.493 e. The van der Waals surface area contributed by atoms with Crippen molar-refractivity contribution in [1.29, 1.82) is 0 Å². The van der Waals surface area contributed by atoms with Crippen LogP contribution in [0, 0.1) is 0 Å². The molecular weight excluding hydrogens is 194 g/mol. The van der Waals surface area contributed by atoms with Crippen LogP contribution >= 0.6 is 0 Å². The van der Waals surface area contributed by atoms with Crippen LogP contribution in [0.4, 0.5) is 5.69 Å². The molecule has 0 radical (unpaired) electrons. The molecule has 4 heteroatoms. The van der Waals surface area contributed by atoms with Crippen molar-refractivity contribution >= 4 is 5.69 Å². The molecule has 4 nitrogen and oxygen atoms in total. The van der Waals surface area contributed by atoms with Crippen molar-refractivity contribution < 1.29 is 14.2 Å². The summed E-state index contributed by atoms with van der Waals surface area (Å²) in [6, 6.07) is 3.36. The van der Waals surface area contributed by atoms with E-state index in [1.807, 2.05) is 13.8 Å². The molecule has 0 bridgehead atoms. The first-order valence-corrected chi connectivity index (χ1v) is 4.78. The van der Waals surface area contributed by atoms with Gasteiger partial charge in [0.15, 0.2) is 11.5 Å². The Morgan fingerprint density at radius 2 is 1.27 bits per heavy atom. The van der Waals surface area contributed by atoms with Gasteiger partial charge in [-0.1, -0.05) is 13.8 Å². The van der Waals surface area contributed by atoms with Gasteiger partial charge in [0.25, 0.3) is 0 Å². The number of ether oxygens (including phenoxy) is 3. The number of benzene rings is 1. The highest BCUT2D eigenvalue weighted by Crippen LogP contribution is 2.38. The highest BCUT2D eigenvalue weighted by atomic mass is 16.5. The Morgan fingerprint density at radius 1 is 0.867 bits per heavy atom. The molecule has 1 aromatic rings. The van der Waals surface area contributed by atoms with E-state index in [0.717, 1.165) is 0 Å². The maximum atomic E-state index is 5.62. The third-order valence-corrected chi connectivity index (χ3v) is 1.69. The zero-order chi connectivity index (χ0) is 11.8. The van der Waals surface area contributed by atoms with Gasteiger partial charge in [-0.15, -0.1) is 0 Å². The molecule has 0 spiro atoms. The van der Waals surface area contributed by atoms with Gasteiger partial charge in [0.2, 0.25) is 5.75 Å². The van der Waals surface area contributed by atoms with Gasteiger partial charge in [-0.25, -0.2) is 0 Å². The van der Waals surface area contributed by atoms with E-state index < -0.39 is 0 Å². The molecule has 0 fully saturated rings. The smallest absolute Gasteiger partial charge is 0.203 e. The second kappa shape index (κ2) is 6.81. The SMILES string of the molecule is CC.COc1cc(N)cc(OC)c1OC. The number of nitrogen functional groups attached to an aromatic ring is 1. The van der Waals surface area contributed by atoms with E-state index in [1.165, 1.54) is 0 Å². The first kappa shape index (κ1) is 13.4. The second-order valence-electron chi connectivity index (χ2n) is 2.46. The average Bonchev–Trinajstić information content (AvgIpc) is 2.30. The predicted octanol–water partition coefficient (Wildman–Crippen LogP) is 2.32. The lowest BCUT2D eigenvalue weighted by atomic mass is 10.2. The quantitative estimate of drug-likeness (QED) is 0.783. The molecule has 86 valence electrons. The van der Waals surface area contributed by atoms with Gasteiger partial charge in [0.05, 0.1) is 21.3 Å². The number of nitrogens with two attached hydrogens (primary N) is 1. The third kappa shape index (κ3) is 3.23. The van der Waals surface area contributed by atoms with Crippen LogP contribution in [0.15, 0.2) is 12.1 Å². The van der Waals surface area contributed by atoms with Gasteiger partial charge in [-0.3, -0.25) is 0 Å². The Bertz CT molecular complexity index is 275. The van der Waals surface area contributed by atoms with Gasteiger partial charge in [0, 0.05) is 17.8 Å². The molecule has 1 aromatic carbocycles. The Kier molecular flexibility index (Phi) is 6.09. The van der Waals surface area contributed by atoms with Crippen LogP contribution in [0.25, 0.3) is 0 Å². The normalized spacial score (nSPS) is 8.60. The maximum absolute atomic E-state index is 5.62. The van der Waals surface area contributed by atoms with E-state index in [4.69, 9.17) is 19.9 Å². The van der Waals surface area contributed by atoms with Crippen LogP contribution in [0.3, 0.4) is 0 Å². The van der Waals surface area contributed by atoms with E-state index in [2.05, 4.69) is 0 Å². The summed E-state index contributed by atoms with van der Waals surface area (Å²) >= 11 is 0. The average molecular weight is 213 g/mol. The minimum atomic E-state index is 0.555. The zero-order valence-electron chi connectivity index (χ0n) is 9.96. The molecule has 0 unspecified atom stereocenters. The molecule has 2 N–H and O–H groups in total. The van der Waals surface area contributed by atoms with Crippen molar-refractivity contribution in [3.8, 4) is 17.2 Å². The third-order valence-electron chi connectivity index (χ3n) is 1.69. The highest BCUT2D eigenvalue weighted by molar-refractivity contribution is 5.60. The number of methoxy groups -OCH3 is 3. The molecule has 0 aromatic heterocycles. The summed E-state index contributed by atoms with van der Waals surface area (Å²) in [7, 11) is 4.66. The summed E-state index contributed by atoms with van der Waals surface area (Å²) in [4.78, 5) is 0. The summed E-state index contributed by atoms with van der Waals surface area (Å²) in [6.07, 6.45) is 0. The van der Waals surface area contributed by atoms with Crippen LogP contribution in [0.2, 0.25) is 0 Å². The fourth-order valence-electron chi connectivity index (χ4n) is 1.10. The van der Waals surface area contributed by atoms with Crippen molar-refractivity contribution in [2.75, 3.05) is 27.1 Å². The molecule has 0 saturated carbocycles. The number of rotatable bonds is 3. The Balaban J connectivity index is 0.000000921. The summed E-state index contributed by atoms with van der Waals surface area (Å²) in [5.41, 5.74) is 6.20. The standard InChI is InChI=1S/C9H13NO3.C2H6/c1-11-7-4-6(10)5-8(12-2)9(7)13-3;1-2/h4-5H,10H2,1-3H3;1-2H3. The maximum Gasteiger partial charge on any atom is 0.203 e. The predicted molar refractivity (Wildman–Crippen MR) is 61.9 cm³/mol. The first-order valence-electron chi connectivity index (χ1n) is 4.78. The molecule has 0 aliphatic rings. The Hall–Kier alpha value is -1.58. The van der Waals surface area contributed by atoms with E-state index in [9.17, 15) is 0 Å². The number of anilines is 1. The molecule has 1 rings (SSSR count). The molecular formula is C11H19NO3. The van der Waals surface area contributed by atoms with Gasteiger partial charge in [0.1, 0.15) is 0 Å². The summed E-state index contributed by atoms with van der Waals surface area (Å²) in [6.45, 7) is 4.00. The molecule has 0 heterocycles. The second-order valence-corrected chi connectivity index (χ2v) is 2.46. The van der Waals surface area contributed by atoms with Crippen LogP contribution in [-0.2, 0) is 0 Å². The van der Waals surface area contributed by atoms with Gasteiger partial charge in [-0.2, -0.15) is 0 Å². The van der Waals surface area contributed by atoms with E-state index in [1.54, 1.807) is 33.5 Å². The molecule has 0 aliphatic heterocycles. The van der Waals surface area contributed by atoms with Gasteiger partial charge in [-0.05, 0) is 0 Å². The molecule has 0 amide bonds. The number of hydrogen-bond donors (Lipinski definition) is 1. The summed E-state index contributed by atoms with van der Waals surface area (Å²) < 4.78 is 15.3. The lowest BCUT2D eigenvalue weighted by Gasteiger charge is -2.12. The van der Waals surface area contributed by atoms with Crippen molar-refractivity contribution in [3.05, 3.63) is 12.1 Å². The molecule has 0 aliphatic carbocycles. The zero-order valence-corrected chi connectivity index (χ0v) is 9.96. The number of hydrogen-bond acceptors (Lipinski definition) is 4. The van der Waals surface area contributed by atoms with Crippen LogP contribution in [0.5, 0.6) is 17.2 Å². The van der Waals surface area contributed by atoms with Crippen LogP contribution < -0.4 is 19.9 Å². The van der Waals surface area contributed by atoms with Gasteiger partial charge < -0.3 is 19.9 Å².